The number of ether oxygens (including phenoxy) is 3. The van der Waals surface area contributed by atoms with E-state index in [1.165, 1.54) is 12.8 Å². The quantitative estimate of drug-likeness (QED) is 0.822. The maximum Gasteiger partial charge on any atom is 0.320 e. The van der Waals surface area contributed by atoms with Crippen molar-refractivity contribution in [2.45, 2.75) is 32.2 Å². The van der Waals surface area contributed by atoms with Crippen molar-refractivity contribution in [1.29, 1.82) is 0 Å². The summed E-state index contributed by atoms with van der Waals surface area (Å²) in [6, 6.07) is 0.806. The summed E-state index contributed by atoms with van der Waals surface area (Å²) in [7, 11) is 1.60. The topological polar surface area (TPSA) is 97.3 Å². The number of nitrogens with two attached hydrogens (primary N) is 1. The minimum atomic E-state index is 0.312. The molecule has 0 radical (unpaired) electrons. The zero-order valence-electron chi connectivity index (χ0n) is 13.9. The molecule has 8 nitrogen and oxygen atoms in total. The van der Waals surface area contributed by atoms with E-state index >= 15 is 0 Å². The van der Waals surface area contributed by atoms with E-state index in [1.54, 1.807) is 7.11 Å². The molecule has 1 aliphatic heterocycles. The molecule has 24 heavy (non-hydrogen) atoms. The van der Waals surface area contributed by atoms with Gasteiger partial charge in [-0.05, 0) is 18.8 Å². The molecule has 1 saturated carbocycles. The van der Waals surface area contributed by atoms with Gasteiger partial charge in [-0.15, -0.1) is 0 Å². The fourth-order valence-corrected chi connectivity index (χ4v) is 3.08. The number of nitrogens with zero attached hydrogens (tertiary/aromatic N) is 4. The number of fused-ring (bicyclic) bond motifs is 1. The Bertz CT molecular complexity index is 722. The fraction of sp³-hybridized carbons (Fsp3) is 0.688. The van der Waals surface area contributed by atoms with Crippen molar-refractivity contribution >= 4 is 17.0 Å². The van der Waals surface area contributed by atoms with E-state index in [4.69, 9.17) is 19.9 Å². The molecule has 0 spiro atoms. The van der Waals surface area contributed by atoms with Gasteiger partial charge in [0.2, 0.25) is 0 Å². The van der Waals surface area contributed by atoms with Crippen LogP contribution in [0.25, 0.3) is 11.2 Å². The van der Waals surface area contributed by atoms with E-state index in [9.17, 15) is 0 Å². The zero-order chi connectivity index (χ0) is 16.5. The standard InChI is InChI=1S/C16H23N5O3/c1-22-16-18-12-13(17)19-15(24-7-5-10-2-3-10)20-14(12)21(16)8-11-4-6-23-9-11/h10-11H,2-9H2,1H3,(H2,17,19,20). The van der Waals surface area contributed by atoms with Crippen LogP contribution in [0.15, 0.2) is 0 Å². The number of anilines is 1. The number of nitrogen functional groups attached to an aromatic ring is 1. The molecular formula is C16H23N5O3. The Kier molecular flexibility index (Phi) is 4.13. The Balaban J connectivity index is 1.61. The SMILES string of the molecule is COc1nc2c(N)nc(OCCC3CC3)nc2n1CC1CCOC1. The molecule has 3 heterocycles. The van der Waals surface area contributed by atoms with E-state index in [-0.39, 0.29) is 0 Å². The molecule has 2 fully saturated rings. The number of rotatable bonds is 7. The lowest BCUT2D eigenvalue weighted by atomic mass is 10.1. The lowest BCUT2D eigenvalue weighted by molar-refractivity contribution is 0.181. The predicted octanol–water partition coefficient (Wildman–Crippen LogP) is 1.63. The number of hydrogen-bond acceptors (Lipinski definition) is 7. The normalized spacial score (nSPS) is 20.6. The largest absolute Gasteiger partial charge is 0.468 e. The second kappa shape index (κ2) is 6.43. The van der Waals surface area contributed by atoms with Crippen molar-refractivity contribution in [3.8, 4) is 12.0 Å². The van der Waals surface area contributed by atoms with Gasteiger partial charge < -0.3 is 19.9 Å². The van der Waals surface area contributed by atoms with Gasteiger partial charge in [-0.1, -0.05) is 12.8 Å². The van der Waals surface area contributed by atoms with Crippen LogP contribution in [0.3, 0.4) is 0 Å². The smallest absolute Gasteiger partial charge is 0.320 e. The molecule has 1 atom stereocenters. The summed E-state index contributed by atoms with van der Waals surface area (Å²) in [4.78, 5) is 13.2. The highest BCUT2D eigenvalue weighted by Crippen LogP contribution is 2.32. The van der Waals surface area contributed by atoms with Crippen molar-refractivity contribution in [2.75, 3.05) is 32.7 Å². The van der Waals surface area contributed by atoms with Gasteiger partial charge in [0.15, 0.2) is 17.0 Å². The van der Waals surface area contributed by atoms with Crippen LogP contribution in [0.4, 0.5) is 5.82 Å². The molecule has 1 unspecified atom stereocenters. The van der Waals surface area contributed by atoms with Crippen LogP contribution in [-0.2, 0) is 11.3 Å². The maximum atomic E-state index is 6.06. The van der Waals surface area contributed by atoms with E-state index in [1.807, 2.05) is 4.57 Å². The Hall–Kier alpha value is -2.09. The second-order valence-electron chi connectivity index (χ2n) is 6.58. The van der Waals surface area contributed by atoms with E-state index in [2.05, 4.69) is 15.0 Å². The highest BCUT2D eigenvalue weighted by molar-refractivity contribution is 5.83. The van der Waals surface area contributed by atoms with Gasteiger partial charge in [-0.3, -0.25) is 4.57 Å². The predicted molar refractivity (Wildman–Crippen MR) is 88.0 cm³/mol. The summed E-state index contributed by atoms with van der Waals surface area (Å²) >= 11 is 0. The Morgan fingerprint density at radius 3 is 2.79 bits per heavy atom. The number of aromatic nitrogens is 4. The van der Waals surface area contributed by atoms with E-state index in [0.717, 1.165) is 38.5 Å². The second-order valence-corrected chi connectivity index (χ2v) is 6.58. The minimum absolute atomic E-state index is 0.312. The molecule has 0 bridgehead atoms. The van der Waals surface area contributed by atoms with Crippen LogP contribution in [0.2, 0.25) is 0 Å². The molecule has 4 rings (SSSR count). The molecule has 2 aromatic rings. The third kappa shape index (κ3) is 3.10. The average Bonchev–Trinajstić information content (AvgIpc) is 3.12. The first kappa shape index (κ1) is 15.4. The summed E-state index contributed by atoms with van der Waals surface area (Å²) in [6.07, 6.45) is 4.68. The van der Waals surface area contributed by atoms with Crippen molar-refractivity contribution in [1.82, 2.24) is 19.5 Å². The van der Waals surface area contributed by atoms with Crippen LogP contribution in [0.5, 0.6) is 12.0 Å². The molecule has 2 aromatic heterocycles. The summed E-state index contributed by atoms with van der Waals surface area (Å²) in [5.41, 5.74) is 7.27. The summed E-state index contributed by atoms with van der Waals surface area (Å²) < 4.78 is 18.5. The van der Waals surface area contributed by atoms with Crippen LogP contribution in [-0.4, -0.2) is 46.4 Å². The van der Waals surface area contributed by atoms with Gasteiger partial charge in [0.05, 0.1) is 20.3 Å². The molecule has 1 aliphatic carbocycles. The molecule has 1 saturated heterocycles. The minimum Gasteiger partial charge on any atom is -0.468 e. The molecule has 0 aromatic carbocycles. The number of hydrogen-bond donors (Lipinski definition) is 1. The fourth-order valence-electron chi connectivity index (χ4n) is 3.08. The molecule has 8 heteroatoms. The first-order chi connectivity index (χ1) is 11.7. The highest BCUT2D eigenvalue weighted by Gasteiger charge is 2.24. The van der Waals surface area contributed by atoms with Gasteiger partial charge in [0, 0.05) is 19.1 Å². The van der Waals surface area contributed by atoms with Crippen LogP contribution >= 0.6 is 0 Å². The van der Waals surface area contributed by atoms with Gasteiger partial charge in [-0.2, -0.15) is 15.0 Å². The van der Waals surface area contributed by atoms with Crippen molar-refractivity contribution in [2.24, 2.45) is 11.8 Å². The monoisotopic (exact) mass is 333 g/mol. The number of methoxy groups -OCH3 is 1. The molecular weight excluding hydrogens is 310 g/mol. The zero-order valence-corrected chi connectivity index (χ0v) is 13.9. The summed E-state index contributed by atoms with van der Waals surface area (Å²) in [6.45, 7) is 2.90. The molecule has 130 valence electrons. The average molecular weight is 333 g/mol. The highest BCUT2D eigenvalue weighted by atomic mass is 16.5. The van der Waals surface area contributed by atoms with Crippen molar-refractivity contribution in [3.05, 3.63) is 0 Å². The first-order valence-electron chi connectivity index (χ1n) is 8.53. The van der Waals surface area contributed by atoms with Gasteiger partial charge >= 0.3 is 6.01 Å². The third-order valence-electron chi connectivity index (χ3n) is 4.67. The third-order valence-corrected chi connectivity index (χ3v) is 4.67. The first-order valence-corrected chi connectivity index (χ1v) is 8.53. The Morgan fingerprint density at radius 1 is 1.21 bits per heavy atom. The Labute approximate surface area is 140 Å². The molecule has 2 aliphatic rings. The molecule has 2 N–H and O–H groups in total. The lowest BCUT2D eigenvalue weighted by Crippen LogP contribution is -2.13. The van der Waals surface area contributed by atoms with Crippen LogP contribution in [0, 0.1) is 11.8 Å². The number of imidazole rings is 1. The summed E-state index contributed by atoms with van der Waals surface area (Å²) in [5, 5.41) is 0. The maximum absolute atomic E-state index is 6.06. The van der Waals surface area contributed by atoms with Crippen molar-refractivity contribution in [3.63, 3.8) is 0 Å². The summed E-state index contributed by atoms with van der Waals surface area (Å²) in [5.74, 6) is 1.55. The molecule has 0 amide bonds. The van der Waals surface area contributed by atoms with Gasteiger partial charge in [0.25, 0.3) is 6.01 Å². The van der Waals surface area contributed by atoms with E-state index < -0.39 is 0 Å². The lowest BCUT2D eigenvalue weighted by Gasteiger charge is -2.12. The van der Waals surface area contributed by atoms with Crippen LogP contribution < -0.4 is 15.2 Å². The van der Waals surface area contributed by atoms with Gasteiger partial charge in [0.1, 0.15) is 0 Å². The van der Waals surface area contributed by atoms with Crippen molar-refractivity contribution < 1.29 is 14.2 Å². The van der Waals surface area contributed by atoms with E-state index in [0.29, 0.717) is 41.5 Å². The van der Waals surface area contributed by atoms with Crippen LogP contribution in [0.1, 0.15) is 25.7 Å². The Morgan fingerprint density at radius 2 is 2.08 bits per heavy atom. The van der Waals surface area contributed by atoms with Gasteiger partial charge in [-0.25, -0.2) is 0 Å².